The SMILES string of the molecule is CC(=O)CC(=O)OCCc1ccc(CN)cc1. The summed E-state index contributed by atoms with van der Waals surface area (Å²) in [5, 5.41) is 0. The van der Waals surface area contributed by atoms with Crippen LogP contribution in [0.4, 0.5) is 0 Å². The summed E-state index contributed by atoms with van der Waals surface area (Å²) >= 11 is 0. The largest absolute Gasteiger partial charge is 0.465 e. The van der Waals surface area contributed by atoms with Gasteiger partial charge in [0.15, 0.2) is 0 Å². The lowest BCUT2D eigenvalue weighted by molar-refractivity contribution is -0.145. The second-order valence-electron chi connectivity index (χ2n) is 3.87. The summed E-state index contributed by atoms with van der Waals surface area (Å²) < 4.78 is 4.93. The molecular formula is C13H17NO3. The number of carbonyl (C=O) groups is 2. The zero-order valence-corrected chi connectivity index (χ0v) is 9.94. The Bertz CT molecular complexity index is 384. The van der Waals surface area contributed by atoms with E-state index in [2.05, 4.69) is 0 Å². The van der Waals surface area contributed by atoms with Gasteiger partial charge in [-0.3, -0.25) is 9.59 Å². The van der Waals surface area contributed by atoms with Gasteiger partial charge in [-0.25, -0.2) is 0 Å². The lowest BCUT2D eigenvalue weighted by Gasteiger charge is -2.04. The van der Waals surface area contributed by atoms with Gasteiger partial charge in [-0.05, 0) is 18.1 Å². The highest BCUT2D eigenvalue weighted by Gasteiger charge is 2.05. The van der Waals surface area contributed by atoms with Crippen molar-refractivity contribution in [3.63, 3.8) is 0 Å². The molecule has 0 aliphatic rings. The summed E-state index contributed by atoms with van der Waals surface area (Å²) in [6.07, 6.45) is 0.501. The van der Waals surface area contributed by atoms with Crippen molar-refractivity contribution in [1.29, 1.82) is 0 Å². The topological polar surface area (TPSA) is 69.4 Å². The summed E-state index contributed by atoms with van der Waals surface area (Å²) in [6.45, 7) is 2.19. The molecule has 1 aromatic carbocycles. The first-order valence-electron chi connectivity index (χ1n) is 5.54. The smallest absolute Gasteiger partial charge is 0.313 e. The van der Waals surface area contributed by atoms with Gasteiger partial charge in [0, 0.05) is 13.0 Å². The van der Waals surface area contributed by atoms with Gasteiger partial charge in [0.25, 0.3) is 0 Å². The van der Waals surface area contributed by atoms with Crippen molar-refractivity contribution in [2.24, 2.45) is 5.73 Å². The molecule has 4 nitrogen and oxygen atoms in total. The van der Waals surface area contributed by atoms with Crippen LogP contribution in [0.3, 0.4) is 0 Å². The van der Waals surface area contributed by atoms with Crippen LogP contribution in [-0.2, 0) is 27.3 Å². The van der Waals surface area contributed by atoms with E-state index in [1.54, 1.807) is 0 Å². The highest BCUT2D eigenvalue weighted by molar-refractivity contribution is 5.94. The van der Waals surface area contributed by atoms with Crippen molar-refractivity contribution in [2.45, 2.75) is 26.3 Å². The number of rotatable bonds is 6. The zero-order chi connectivity index (χ0) is 12.7. The molecule has 0 aromatic heterocycles. The highest BCUT2D eigenvalue weighted by atomic mass is 16.5. The van der Waals surface area contributed by atoms with Gasteiger partial charge in [0.1, 0.15) is 12.2 Å². The number of benzene rings is 1. The first kappa shape index (κ1) is 13.4. The average molecular weight is 235 g/mol. The fraction of sp³-hybridized carbons (Fsp3) is 0.385. The Morgan fingerprint density at radius 2 is 1.76 bits per heavy atom. The molecule has 1 rings (SSSR count). The lowest BCUT2D eigenvalue weighted by Crippen LogP contribution is -2.11. The van der Waals surface area contributed by atoms with Crippen LogP contribution in [0, 0.1) is 0 Å². The molecule has 0 saturated heterocycles. The molecule has 17 heavy (non-hydrogen) atoms. The van der Waals surface area contributed by atoms with Crippen molar-refractivity contribution in [1.82, 2.24) is 0 Å². The molecule has 1 aromatic rings. The zero-order valence-electron chi connectivity index (χ0n) is 9.94. The molecular weight excluding hydrogens is 218 g/mol. The molecule has 0 bridgehead atoms. The van der Waals surface area contributed by atoms with Gasteiger partial charge >= 0.3 is 5.97 Å². The molecule has 92 valence electrons. The molecule has 0 radical (unpaired) electrons. The third kappa shape index (κ3) is 5.26. The summed E-state index contributed by atoms with van der Waals surface area (Å²) in [6, 6.07) is 7.82. The fourth-order valence-electron chi connectivity index (χ4n) is 1.38. The minimum atomic E-state index is -0.462. The standard InChI is InChI=1S/C13H17NO3/c1-10(15)8-13(16)17-7-6-11-2-4-12(9-14)5-3-11/h2-5H,6-9,14H2,1H3. The predicted octanol–water partition coefficient (Wildman–Crippen LogP) is 1.21. The first-order chi connectivity index (χ1) is 8.11. The second-order valence-corrected chi connectivity index (χ2v) is 3.87. The maximum atomic E-state index is 11.1. The molecule has 0 aliphatic heterocycles. The van der Waals surface area contributed by atoms with Gasteiger partial charge in [-0.1, -0.05) is 24.3 Å². The van der Waals surface area contributed by atoms with Crippen molar-refractivity contribution in [2.75, 3.05) is 6.61 Å². The molecule has 0 unspecified atom stereocenters. The number of nitrogens with two attached hydrogens (primary N) is 1. The second kappa shape index (κ2) is 6.81. The monoisotopic (exact) mass is 235 g/mol. The van der Waals surface area contributed by atoms with Crippen LogP contribution in [0.5, 0.6) is 0 Å². The Balaban J connectivity index is 2.30. The normalized spacial score (nSPS) is 10.0. The third-order valence-corrected chi connectivity index (χ3v) is 2.31. The Labute approximate surface area is 101 Å². The van der Waals surface area contributed by atoms with Crippen LogP contribution in [0.1, 0.15) is 24.5 Å². The first-order valence-corrected chi connectivity index (χ1v) is 5.54. The Morgan fingerprint density at radius 1 is 1.18 bits per heavy atom. The average Bonchev–Trinajstić information content (AvgIpc) is 2.29. The van der Waals surface area contributed by atoms with Crippen LogP contribution < -0.4 is 5.73 Å². The molecule has 4 heteroatoms. The van der Waals surface area contributed by atoms with Crippen LogP contribution in [0.25, 0.3) is 0 Å². The number of ketones is 1. The van der Waals surface area contributed by atoms with Gasteiger partial charge < -0.3 is 10.5 Å². The predicted molar refractivity (Wildman–Crippen MR) is 64.3 cm³/mol. The molecule has 0 fully saturated rings. The minimum Gasteiger partial charge on any atom is -0.465 e. The number of Topliss-reactive ketones (excluding diaryl/α,β-unsaturated/α-hetero) is 1. The maximum absolute atomic E-state index is 11.1. The maximum Gasteiger partial charge on any atom is 0.313 e. The van der Waals surface area contributed by atoms with E-state index in [1.807, 2.05) is 24.3 Å². The van der Waals surface area contributed by atoms with Crippen LogP contribution >= 0.6 is 0 Å². The van der Waals surface area contributed by atoms with Crippen molar-refractivity contribution in [3.05, 3.63) is 35.4 Å². The minimum absolute atomic E-state index is 0.147. The van der Waals surface area contributed by atoms with E-state index in [1.165, 1.54) is 6.92 Å². The van der Waals surface area contributed by atoms with E-state index in [0.29, 0.717) is 19.6 Å². The number of esters is 1. The van der Waals surface area contributed by atoms with Crippen LogP contribution in [0.2, 0.25) is 0 Å². The Kier molecular flexibility index (Phi) is 5.36. The van der Waals surface area contributed by atoms with E-state index >= 15 is 0 Å². The number of carbonyl (C=O) groups excluding carboxylic acids is 2. The summed E-state index contributed by atoms with van der Waals surface area (Å²) in [7, 11) is 0. The highest BCUT2D eigenvalue weighted by Crippen LogP contribution is 2.04. The van der Waals surface area contributed by atoms with Crippen LogP contribution in [-0.4, -0.2) is 18.4 Å². The van der Waals surface area contributed by atoms with E-state index in [0.717, 1.165) is 11.1 Å². The number of hydrogen-bond donors (Lipinski definition) is 1. The Hall–Kier alpha value is -1.68. The number of hydrogen-bond acceptors (Lipinski definition) is 4. The van der Waals surface area contributed by atoms with Crippen molar-refractivity contribution >= 4 is 11.8 Å². The summed E-state index contributed by atoms with van der Waals surface area (Å²) in [4.78, 5) is 21.7. The van der Waals surface area contributed by atoms with Gasteiger partial charge in [-0.15, -0.1) is 0 Å². The molecule has 0 saturated carbocycles. The summed E-state index contributed by atoms with van der Waals surface area (Å²) in [5.74, 6) is -0.640. The van der Waals surface area contributed by atoms with E-state index < -0.39 is 5.97 Å². The molecule has 0 atom stereocenters. The van der Waals surface area contributed by atoms with E-state index in [4.69, 9.17) is 10.5 Å². The molecule has 0 heterocycles. The third-order valence-electron chi connectivity index (χ3n) is 2.31. The molecule has 0 spiro atoms. The quantitative estimate of drug-likeness (QED) is 0.594. The molecule has 2 N–H and O–H groups in total. The van der Waals surface area contributed by atoms with Crippen molar-refractivity contribution in [3.8, 4) is 0 Å². The molecule has 0 aliphatic carbocycles. The summed E-state index contributed by atoms with van der Waals surface area (Å²) in [5.41, 5.74) is 7.64. The van der Waals surface area contributed by atoms with E-state index in [9.17, 15) is 9.59 Å². The lowest BCUT2D eigenvalue weighted by atomic mass is 10.1. The molecule has 0 amide bonds. The van der Waals surface area contributed by atoms with Gasteiger partial charge in [-0.2, -0.15) is 0 Å². The fourth-order valence-corrected chi connectivity index (χ4v) is 1.38. The van der Waals surface area contributed by atoms with E-state index in [-0.39, 0.29) is 12.2 Å². The number of ether oxygens (including phenoxy) is 1. The van der Waals surface area contributed by atoms with Gasteiger partial charge in [0.05, 0.1) is 6.61 Å². The van der Waals surface area contributed by atoms with Crippen LogP contribution in [0.15, 0.2) is 24.3 Å². The van der Waals surface area contributed by atoms with Crippen molar-refractivity contribution < 1.29 is 14.3 Å². The Morgan fingerprint density at radius 3 is 2.29 bits per heavy atom. The van der Waals surface area contributed by atoms with Gasteiger partial charge in [0.2, 0.25) is 0 Å².